The first-order chi connectivity index (χ1) is 12.1. The molecule has 0 saturated heterocycles. The number of hydrogen-bond acceptors (Lipinski definition) is 4. The Bertz CT molecular complexity index is 587. The van der Waals surface area contributed by atoms with Crippen LogP contribution in [0.5, 0.6) is 0 Å². The lowest BCUT2D eigenvalue weighted by molar-refractivity contribution is -0.118. The Labute approximate surface area is 161 Å². The summed E-state index contributed by atoms with van der Waals surface area (Å²) >= 11 is 0. The van der Waals surface area contributed by atoms with Crippen molar-refractivity contribution >= 4 is 29.9 Å². The molecule has 3 N–H and O–H groups in total. The lowest BCUT2D eigenvalue weighted by Crippen LogP contribution is -2.38. The molecule has 1 atom stereocenters. The fourth-order valence-corrected chi connectivity index (χ4v) is 3.27. The molecule has 146 valence electrons. The van der Waals surface area contributed by atoms with Crippen molar-refractivity contribution in [2.24, 2.45) is 5.73 Å². The molecule has 0 radical (unpaired) electrons. The highest BCUT2D eigenvalue weighted by Crippen LogP contribution is 2.25. The van der Waals surface area contributed by atoms with Gasteiger partial charge in [-0.15, -0.1) is 12.4 Å². The number of nitrogens with zero attached hydrogens (tertiary/aromatic N) is 1. The van der Waals surface area contributed by atoms with Gasteiger partial charge in [0, 0.05) is 26.7 Å². The number of benzene rings is 1. The highest BCUT2D eigenvalue weighted by Gasteiger charge is 2.25. The van der Waals surface area contributed by atoms with E-state index < -0.39 is 0 Å². The van der Waals surface area contributed by atoms with Gasteiger partial charge in [0.25, 0.3) is 5.91 Å². The Morgan fingerprint density at radius 3 is 2.54 bits per heavy atom. The first-order valence-corrected chi connectivity index (χ1v) is 8.95. The number of nitrogens with one attached hydrogen (secondary N) is 1. The van der Waals surface area contributed by atoms with E-state index in [1.54, 1.807) is 12.1 Å². The topological polar surface area (TPSA) is 84.7 Å². The molecule has 0 heterocycles. The van der Waals surface area contributed by atoms with Gasteiger partial charge in [-0.25, -0.2) is 0 Å². The van der Waals surface area contributed by atoms with Crippen LogP contribution in [0.3, 0.4) is 0 Å². The van der Waals surface area contributed by atoms with Gasteiger partial charge in [-0.05, 0) is 25.0 Å². The van der Waals surface area contributed by atoms with Gasteiger partial charge in [-0.1, -0.05) is 31.4 Å². The molecular formula is C19H30ClN3O3. The van der Waals surface area contributed by atoms with E-state index in [-0.39, 0.29) is 49.3 Å². The number of anilines is 1. The molecule has 2 rings (SSSR count). The van der Waals surface area contributed by atoms with Gasteiger partial charge < -0.3 is 20.7 Å². The standard InChI is InChI=1S/C19H29N3O3.ClH/c1-22(14-8-4-3-5-9-14)19(24)16-10-6-7-11-17(16)21-18(23)12-15(13-20)25-2;/h6-7,10-11,14-15H,3-5,8-9,12-13,20H2,1-2H3,(H,21,23);1H. The summed E-state index contributed by atoms with van der Waals surface area (Å²) in [5.41, 5.74) is 6.61. The fourth-order valence-electron chi connectivity index (χ4n) is 3.27. The van der Waals surface area contributed by atoms with Crippen molar-refractivity contribution in [3.05, 3.63) is 29.8 Å². The van der Waals surface area contributed by atoms with Gasteiger partial charge in [0.1, 0.15) is 0 Å². The fraction of sp³-hybridized carbons (Fsp3) is 0.579. The maximum Gasteiger partial charge on any atom is 0.255 e. The number of para-hydroxylation sites is 1. The van der Waals surface area contributed by atoms with Crippen molar-refractivity contribution in [1.82, 2.24) is 4.90 Å². The smallest absolute Gasteiger partial charge is 0.255 e. The molecule has 1 aromatic carbocycles. The first kappa shape index (κ1) is 22.4. The zero-order valence-corrected chi connectivity index (χ0v) is 16.4. The molecular weight excluding hydrogens is 354 g/mol. The minimum Gasteiger partial charge on any atom is -0.380 e. The Hall–Kier alpha value is -1.63. The lowest BCUT2D eigenvalue weighted by atomic mass is 9.94. The third-order valence-corrected chi connectivity index (χ3v) is 4.88. The summed E-state index contributed by atoms with van der Waals surface area (Å²) in [5, 5.41) is 2.83. The summed E-state index contributed by atoms with van der Waals surface area (Å²) in [5.74, 6) is -0.261. The number of methoxy groups -OCH3 is 1. The summed E-state index contributed by atoms with van der Waals surface area (Å²) < 4.78 is 5.14. The van der Waals surface area contributed by atoms with Crippen LogP contribution in [0.1, 0.15) is 48.9 Å². The van der Waals surface area contributed by atoms with Gasteiger partial charge in [-0.2, -0.15) is 0 Å². The van der Waals surface area contributed by atoms with Crippen LogP contribution >= 0.6 is 12.4 Å². The Morgan fingerprint density at radius 2 is 1.92 bits per heavy atom. The molecule has 1 aromatic rings. The van der Waals surface area contributed by atoms with Crippen LogP contribution in [-0.4, -0.2) is 49.6 Å². The van der Waals surface area contributed by atoms with E-state index in [0.717, 1.165) is 25.7 Å². The Morgan fingerprint density at radius 1 is 1.27 bits per heavy atom. The highest BCUT2D eigenvalue weighted by molar-refractivity contribution is 6.03. The van der Waals surface area contributed by atoms with Crippen molar-refractivity contribution < 1.29 is 14.3 Å². The van der Waals surface area contributed by atoms with E-state index >= 15 is 0 Å². The minimum absolute atomic E-state index is 0. The summed E-state index contributed by atoms with van der Waals surface area (Å²) in [6, 6.07) is 7.41. The summed E-state index contributed by atoms with van der Waals surface area (Å²) in [4.78, 5) is 26.9. The number of nitrogens with two attached hydrogens (primary N) is 1. The van der Waals surface area contributed by atoms with Gasteiger partial charge >= 0.3 is 0 Å². The highest BCUT2D eigenvalue weighted by atomic mass is 35.5. The molecule has 26 heavy (non-hydrogen) atoms. The molecule has 0 aromatic heterocycles. The van der Waals surface area contributed by atoms with E-state index in [4.69, 9.17) is 10.5 Å². The molecule has 1 saturated carbocycles. The summed E-state index contributed by atoms with van der Waals surface area (Å²) in [7, 11) is 3.38. The number of hydrogen-bond donors (Lipinski definition) is 2. The van der Waals surface area contributed by atoms with Gasteiger partial charge in [0.05, 0.1) is 23.8 Å². The van der Waals surface area contributed by atoms with E-state index in [1.165, 1.54) is 13.5 Å². The summed E-state index contributed by atoms with van der Waals surface area (Å²) in [6.45, 7) is 0.273. The predicted octanol–water partition coefficient (Wildman–Crippen LogP) is 2.82. The van der Waals surface area contributed by atoms with Crippen LogP contribution in [0.2, 0.25) is 0 Å². The van der Waals surface area contributed by atoms with Crippen molar-refractivity contribution in [3.63, 3.8) is 0 Å². The number of ether oxygens (including phenoxy) is 1. The van der Waals surface area contributed by atoms with Crippen molar-refractivity contribution in [1.29, 1.82) is 0 Å². The van der Waals surface area contributed by atoms with E-state index in [2.05, 4.69) is 5.32 Å². The molecule has 1 aliphatic carbocycles. The second-order valence-electron chi connectivity index (χ2n) is 6.60. The van der Waals surface area contributed by atoms with Crippen molar-refractivity contribution in [3.8, 4) is 0 Å². The average molecular weight is 384 g/mol. The quantitative estimate of drug-likeness (QED) is 0.758. The second kappa shape index (κ2) is 11.2. The number of carbonyl (C=O) groups is 2. The monoisotopic (exact) mass is 383 g/mol. The number of amides is 2. The molecule has 1 unspecified atom stereocenters. The van der Waals surface area contributed by atoms with E-state index in [9.17, 15) is 9.59 Å². The zero-order valence-electron chi connectivity index (χ0n) is 15.6. The van der Waals surface area contributed by atoms with Crippen molar-refractivity contribution in [2.45, 2.75) is 50.7 Å². The number of halogens is 1. The van der Waals surface area contributed by atoms with Crippen molar-refractivity contribution in [2.75, 3.05) is 26.0 Å². The maximum atomic E-state index is 12.9. The molecule has 1 aliphatic rings. The van der Waals surface area contributed by atoms with Crippen LogP contribution in [-0.2, 0) is 9.53 Å². The van der Waals surface area contributed by atoms with Crippen LogP contribution in [0, 0.1) is 0 Å². The normalized spacial score (nSPS) is 15.7. The average Bonchev–Trinajstić information content (AvgIpc) is 2.66. The van der Waals surface area contributed by atoms with Crippen LogP contribution < -0.4 is 11.1 Å². The van der Waals surface area contributed by atoms with E-state index in [1.807, 2.05) is 24.1 Å². The van der Waals surface area contributed by atoms with Crippen LogP contribution in [0.25, 0.3) is 0 Å². The van der Waals surface area contributed by atoms with Crippen LogP contribution in [0.15, 0.2) is 24.3 Å². The molecule has 6 nitrogen and oxygen atoms in total. The SMILES string of the molecule is COC(CN)CC(=O)Nc1ccccc1C(=O)N(C)C1CCCCC1.Cl. The molecule has 2 amide bonds. The first-order valence-electron chi connectivity index (χ1n) is 8.95. The second-order valence-corrected chi connectivity index (χ2v) is 6.60. The minimum atomic E-state index is -0.326. The molecule has 7 heteroatoms. The molecule has 1 fully saturated rings. The third-order valence-electron chi connectivity index (χ3n) is 4.88. The zero-order chi connectivity index (χ0) is 18.2. The number of rotatable bonds is 7. The van der Waals surface area contributed by atoms with Gasteiger partial charge in [-0.3, -0.25) is 9.59 Å². The molecule has 0 bridgehead atoms. The molecule has 0 spiro atoms. The molecule has 0 aliphatic heterocycles. The Kier molecular flexibility index (Phi) is 9.62. The van der Waals surface area contributed by atoms with Gasteiger partial charge in [0.2, 0.25) is 5.91 Å². The summed E-state index contributed by atoms with van der Waals surface area (Å²) in [6.07, 6.45) is 5.50. The third kappa shape index (κ3) is 5.97. The maximum absolute atomic E-state index is 12.9. The largest absolute Gasteiger partial charge is 0.380 e. The van der Waals surface area contributed by atoms with Crippen LogP contribution in [0.4, 0.5) is 5.69 Å². The Balaban J connectivity index is 0.00000338. The van der Waals surface area contributed by atoms with E-state index in [0.29, 0.717) is 11.3 Å². The van der Waals surface area contributed by atoms with Gasteiger partial charge in [0.15, 0.2) is 0 Å². The number of carbonyl (C=O) groups excluding carboxylic acids is 2. The lowest BCUT2D eigenvalue weighted by Gasteiger charge is -2.31. The predicted molar refractivity (Wildman–Crippen MR) is 106 cm³/mol.